The molecule has 1 atom stereocenters. The lowest BCUT2D eigenvalue weighted by Crippen LogP contribution is -2.47. The van der Waals surface area contributed by atoms with E-state index in [1.165, 1.54) is 0 Å². The van der Waals surface area contributed by atoms with Crippen LogP contribution in [0.5, 0.6) is 0 Å². The first kappa shape index (κ1) is 20.7. The van der Waals surface area contributed by atoms with E-state index in [1.807, 2.05) is 13.0 Å². The number of carbonyl (C=O) groups excluding carboxylic acids is 1. The summed E-state index contributed by atoms with van der Waals surface area (Å²) >= 11 is 0. The van der Waals surface area contributed by atoms with Gasteiger partial charge in [0.05, 0.1) is 17.6 Å². The molecule has 2 aliphatic rings. The summed E-state index contributed by atoms with van der Waals surface area (Å²) in [6.07, 6.45) is 6.36. The lowest BCUT2D eigenvalue weighted by atomic mass is 9.96. The van der Waals surface area contributed by atoms with Crippen LogP contribution < -0.4 is 10.2 Å². The first-order valence-corrected chi connectivity index (χ1v) is 10.5. The molecule has 4 heterocycles. The molecular formula is C22H31N5O3. The number of fused-ring (bicyclic) bond motifs is 1. The largest absolute Gasteiger partial charge is 0.384 e. The third-order valence-corrected chi connectivity index (χ3v) is 5.79. The Morgan fingerprint density at radius 1 is 1.27 bits per heavy atom. The predicted molar refractivity (Wildman–Crippen MR) is 116 cm³/mol. The maximum absolute atomic E-state index is 12.9. The van der Waals surface area contributed by atoms with Crippen molar-refractivity contribution in [3.8, 4) is 11.3 Å². The van der Waals surface area contributed by atoms with E-state index >= 15 is 0 Å². The maximum atomic E-state index is 12.9. The van der Waals surface area contributed by atoms with E-state index in [-0.39, 0.29) is 13.4 Å². The van der Waals surface area contributed by atoms with Gasteiger partial charge in [0.25, 0.3) is 0 Å². The number of pyridine rings is 1. The summed E-state index contributed by atoms with van der Waals surface area (Å²) < 4.78 is 5.45. The topological polar surface area (TPSA) is 100 Å². The molecule has 30 heavy (non-hydrogen) atoms. The van der Waals surface area contributed by atoms with Gasteiger partial charge in [-0.2, -0.15) is 0 Å². The number of hydrogen-bond donors (Lipinski definition) is 2. The van der Waals surface area contributed by atoms with Gasteiger partial charge >= 0.3 is 0 Å². The molecule has 0 bridgehead atoms. The molecule has 2 aromatic rings. The summed E-state index contributed by atoms with van der Waals surface area (Å²) in [6, 6.07) is 3.31. The molecule has 8 nitrogen and oxygen atoms in total. The molecule has 8 heteroatoms. The molecule has 0 aromatic carbocycles. The molecule has 1 unspecified atom stereocenters. The van der Waals surface area contributed by atoms with Crippen LogP contribution in [0.15, 0.2) is 24.5 Å². The van der Waals surface area contributed by atoms with Crippen LogP contribution in [0.25, 0.3) is 11.3 Å². The van der Waals surface area contributed by atoms with Gasteiger partial charge in [-0.3, -0.25) is 14.7 Å². The van der Waals surface area contributed by atoms with Crippen molar-refractivity contribution in [2.75, 3.05) is 30.0 Å². The van der Waals surface area contributed by atoms with Gasteiger partial charge in [-0.05, 0) is 58.1 Å². The summed E-state index contributed by atoms with van der Waals surface area (Å²) in [7, 11) is 0. The summed E-state index contributed by atoms with van der Waals surface area (Å²) in [5.41, 5.74) is 1.01. The monoisotopic (exact) mass is 413 g/mol. The predicted octanol–water partition coefficient (Wildman–Crippen LogP) is 2.98. The molecule has 162 valence electrons. The second-order valence-corrected chi connectivity index (χ2v) is 8.62. The number of amides is 1. The Balaban J connectivity index is 0.00000272. The summed E-state index contributed by atoms with van der Waals surface area (Å²) in [5.74, 6) is 1.76. The van der Waals surface area contributed by atoms with E-state index in [2.05, 4.69) is 15.3 Å². The van der Waals surface area contributed by atoms with Gasteiger partial charge in [0.2, 0.25) is 5.91 Å². The van der Waals surface area contributed by atoms with Crippen LogP contribution in [0.3, 0.4) is 0 Å². The molecule has 2 aliphatic heterocycles. The number of nitrogens with one attached hydrogen (secondary N) is 1. The Hall–Kier alpha value is -2.58. The molecule has 0 spiro atoms. The SMILES string of the molecule is CC1Nc2ncc(-c3ccc(C(C)(C)O)nc3)nc2N(CCC2CCOCC2)C1=O.[HH]. The zero-order chi connectivity index (χ0) is 21.3. The average molecular weight is 414 g/mol. The molecule has 1 fully saturated rings. The third kappa shape index (κ3) is 4.29. The van der Waals surface area contributed by atoms with Crippen LogP contribution >= 0.6 is 0 Å². The van der Waals surface area contributed by atoms with Crippen molar-refractivity contribution in [2.24, 2.45) is 5.92 Å². The quantitative estimate of drug-likeness (QED) is 0.777. The highest BCUT2D eigenvalue weighted by atomic mass is 16.5. The Morgan fingerprint density at radius 3 is 2.70 bits per heavy atom. The minimum atomic E-state index is -1.01. The lowest BCUT2D eigenvalue weighted by molar-refractivity contribution is -0.119. The molecular weight excluding hydrogens is 382 g/mol. The Labute approximate surface area is 178 Å². The third-order valence-electron chi connectivity index (χ3n) is 5.79. The van der Waals surface area contributed by atoms with E-state index in [4.69, 9.17) is 9.72 Å². The second-order valence-electron chi connectivity index (χ2n) is 8.62. The van der Waals surface area contributed by atoms with Gasteiger partial charge in [-0.1, -0.05) is 0 Å². The van der Waals surface area contributed by atoms with Gasteiger partial charge in [-0.25, -0.2) is 9.97 Å². The minimum absolute atomic E-state index is 0. The first-order valence-electron chi connectivity index (χ1n) is 10.5. The standard InChI is InChI=1S/C22H29N5O3.H2/c1-14-21(28)27(9-6-15-7-10-30-11-8-15)20-19(25-14)24-13-17(26-20)16-4-5-18(23-12-16)22(2,3)29;/h4-5,12-15,29H,6-11H2,1-3H3,(H,24,25);1H. The second kappa shape index (κ2) is 8.28. The molecule has 0 aliphatic carbocycles. The van der Waals surface area contributed by atoms with Crippen LogP contribution in [0.1, 0.15) is 47.2 Å². The number of nitrogens with zero attached hydrogens (tertiary/aromatic N) is 4. The van der Waals surface area contributed by atoms with Crippen LogP contribution in [0.2, 0.25) is 0 Å². The lowest BCUT2D eigenvalue weighted by Gasteiger charge is -2.33. The molecule has 4 rings (SSSR count). The molecule has 1 amide bonds. The molecule has 2 aromatic heterocycles. The number of aliphatic hydroxyl groups is 1. The minimum Gasteiger partial charge on any atom is -0.384 e. The van der Waals surface area contributed by atoms with Crippen LogP contribution in [-0.4, -0.2) is 51.8 Å². The van der Waals surface area contributed by atoms with E-state index in [1.54, 1.807) is 37.2 Å². The van der Waals surface area contributed by atoms with Crippen LogP contribution in [0, 0.1) is 5.92 Å². The van der Waals surface area contributed by atoms with E-state index < -0.39 is 5.60 Å². The first-order chi connectivity index (χ1) is 14.3. The van der Waals surface area contributed by atoms with Gasteiger partial charge in [0, 0.05) is 32.9 Å². The number of rotatable bonds is 5. The molecule has 1 saturated heterocycles. The zero-order valence-corrected chi connectivity index (χ0v) is 17.8. The highest BCUT2D eigenvalue weighted by molar-refractivity contribution is 6.03. The maximum Gasteiger partial charge on any atom is 0.250 e. The smallest absolute Gasteiger partial charge is 0.250 e. The number of aromatic nitrogens is 3. The zero-order valence-electron chi connectivity index (χ0n) is 17.8. The average Bonchev–Trinajstić information content (AvgIpc) is 2.74. The van der Waals surface area contributed by atoms with Gasteiger partial charge in [0.15, 0.2) is 11.6 Å². The summed E-state index contributed by atoms with van der Waals surface area (Å²) in [6.45, 7) is 7.46. The fourth-order valence-electron chi connectivity index (χ4n) is 3.88. The van der Waals surface area contributed by atoms with Crippen molar-refractivity contribution in [2.45, 2.75) is 51.7 Å². The van der Waals surface area contributed by atoms with Crippen molar-refractivity contribution in [1.82, 2.24) is 15.0 Å². The fourth-order valence-corrected chi connectivity index (χ4v) is 3.88. The fraction of sp³-hybridized carbons (Fsp3) is 0.545. The van der Waals surface area contributed by atoms with E-state index in [0.717, 1.165) is 38.0 Å². The van der Waals surface area contributed by atoms with Gasteiger partial charge < -0.3 is 15.2 Å². The highest BCUT2D eigenvalue weighted by Gasteiger charge is 2.32. The number of ether oxygens (including phenoxy) is 1. The Kier molecular flexibility index (Phi) is 5.71. The van der Waals surface area contributed by atoms with Crippen molar-refractivity contribution >= 4 is 17.5 Å². The Morgan fingerprint density at radius 2 is 2.03 bits per heavy atom. The summed E-state index contributed by atoms with van der Waals surface area (Å²) in [4.78, 5) is 28.3. The van der Waals surface area contributed by atoms with Crippen LogP contribution in [-0.2, 0) is 15.1 Å². The Bertz CT molecular complexity index is 910. The van der Waals surface area contributed by atoms with Crippen molar-refractivity contribution in [3.63, 3.8) is 0 Å². The van der Waals surface area contributed by atoms with Crippen molar-refractivity contribution < 1.29 is 16.1 Å². The normalized spacial score (nSPS) is 20.1. The van der Waals surface area contributed by atoms with Gasteiger partial charge in [-0.15, -0.1) is 0 Å². The molecule has 0 saturated carbocycles. The summed E-state index contributed by atoms with van der Waals surface area (Å²) in [5, 5.41) is 13.3. The number of anilines is 2. The van der Waals surface area contributed by atoms with E-state index in [9.17, 15) is 9.90 Å². The van der Waals surface area contributed by atoms with Crippen molar-refractivity contribution in [1.29, 1.82) is 0 Å². The number of carbonyl (C=O) groups is 1. The number of hydrogen-bond acceptors (Lipinski definition) is 7. The van der Waals surface area contributed by atoms with E-state index in [0.29, 0.717) is 35.5 Å². The highest BCUT2D eigenvalue weighted by Crippen LogP contribution is 2.32. The van der Waals surface area contributed by atoms with Crippen LogP contribution in [0.4, 0.5) is 11.6 Å². The van der Waals surface area contributed by atoms with Gasteiger partial charge in [0.1, 0.15) is 11.6 Å². The van der Waals surface area contributed by atoms with Crippen molar-refractivity contribution in [3.05, 3.63) is 30.2 Å². The molecule has 0 radical (unpaired) electrons. The molecule has 2 N–H and O–H groups in total.